The van der Waals surface area contributed by atoms with Crippen molar-refractivity contribution in [2.75, 3.05) is 50.2 Å². The summed E-state index contributed by atoms with van der Waals surface area (Å²) in [6, 6.07) is 5.17. The maximum absolute atomic E-state index is 12.8. The Morgan fingerprint density at radius 1 is 1.25 bits per heavy atom. The second-order valence-electron chi connectivity index (χ2n) is 8.23. The molecule has 0 unspecified atom stereocenters. The Morgan fingerprint density at radius 2 is 2.04 bits per heavy atom. The highest BCUT2D eigenvalue weighted by Crippen LogP contribution is 2.36. The Bertz CT molecular complexity index is 782. The van der Waals surface area contributed by atoms with E-state index in [1.807, 2.05) is 20.8 Å². The Labute approximate surface area is 166 Å². The lowest BCUT2D eigenvalue weighted by molar-refractivity contribution is -0.126. The van der Waals surface area contributed by atoms with E-state index in [2.05, 4.69) is 11.4 Å². The number of carbonyl (C=O) groups is 2. The molecule has 0 radical (unpaired) electrons. The monoisotopic (exact) mass is 387 g/mol. The number of anilines is 2. The van der Waals surface area contributed by atoms with Crippen molar-refractivity contribution in [2.24, 2.45) is 5.41 Å². The van der Waals surface area contributed by atoms with Gasteiger partial charge in [-0.25, -0.2) is 4.79 Å². The molecule has 0 bridgehead atoms. The summed E-state index contributed by atoms with van der Waals surface area (Å²) >= 11 is 0. The zero-order valence-electron chi connectivity index (χ0n) is 17.1. The number of urea groups is 1. The molecule has 1 N–H and O–H groups in total. The SMILES string of the molecule is CN(CC1=CCCOC1)C(=O)Nc1ccc2c(c1)N(C(=O)C(C)(C)C)CCO2. The molecule has 0 spiro atoms. The fourth-order valence-electron chi connectivity index (χ4n) is 3.23. The molecule has 0 aromatic heterocycles. The number of benzene rings is 1. The summed E-state index contributed by atoms with van der Waals surface area (Å²) in [6.07, 6.45) is 3.01. The van der Waals surface area contributed by atoms with Crippen LogP contribution in [0.25, 0.3) is 0 Å². The van der Waals surface area contributed by atoms with Crippen LogP contribution in [-0.4, -0.2) is 56.8 Å². The predicted molar refractivity (Wildman–Crippen MR) is 109 cm³/mol. The summed E-state index contributed by atoms with van der Waals surface area (Å²) in [5.41, 5.74) is 1.92. The summed E-state index contributed by atoms with van der Waals surface area (Å²) in [4.78, 5) is 28.7. The minimum Gasteiger partial charge on any atom is -0.490 e. The molecule has 28 heavy (non-hydrogen) atoms. The molecule has 7 nitrogen and oxygen atoms in total. The second kappa shape index (κ2) is 8.22. The Hall–Kier alpha value is -2.54. The van der Waals surface area contributed by atoms with Gasteiger partial charge in [0.05, 0.1) is 25.4 Å². The van der Waals surface area contributed by atoms with Crippen LogP contribution in [0.15, 0.2) is 29.8 Å². The van der Waals surface area contributed by atoms with Crippen LogP contribution in [0.3, 0.4) is 0 Å². The van der Waals surface area contributed by atoms with Gasteiger partial charge in [0.1, 0.15) is 12.4 Å². The summed E-state index contributed by atoms with van der Waals surface area (Å²) in [6.45, 7) is 8.47. The van der Waals surface area contributed by atoms with E-state index in [0.717, 1.165) is 18.6 Å². The molecule has 0 saturated heterocycles. The van der Waals surface area contributed by atoms with Gasteiger partial charge in [0.25, 0.3) is 0 Å². The molecular formula is C21H29N3O4. The van der Waals surface area contributed by atoms with Crippen molar-refractivity contribution in [3.63, 3.8) is 0 Å². The van der Waals surface area contributed by atoms with E-state index in [9.17, 15) is 9.59 Å². The molecule has 3 rings (SSSR count). The van der Waals surface area contributed by atoms with Crippen molar-refractivity contribution >= 4 is 23.3 Å². The average Bonchev–Trinajstić information content (AvgIpc) is 2.67. The number of hydrogen-bond acceptors (Lipinski definition) is 4. The number of carbonyl (C=O) groups excluding carboxylic acids is 2. The number of ether oxygens (including phenoxy) is 2. The number of amides is 3. The van der Waals surface area contributed by atoms with Crippen molar-refractivity contribution in [3.8, 4) is 5.75 Å². The first-order chi connectivity index (χ1) is 13.3. The first-order valence-electron chi connectivity index (χ1n) is 9.62. The van der Waals surface area contributed by atoms with Gasteiger partial charge >= 0.3 is 6.03 Å². The maximum Gasteiger partial charge on any atom is 0.321 e. The lowest BCUT2D eigenvalue weighted by atomic mass is 9.94. The van der Waals surface area contributed by atoms with Crippen molar-refractivity contribution in [1.29, 1.82) is 0 Å². The molecule has 2 aliphatic rings. The van der Waals surface area contributed by atoms with Crippen LogP contribution in [-0.2, 0) is 9.53 Å². The molecule has 152 valence electrons. The van der Waals surface area contributed by atoms with E-state index in [-0.39, 0.29) is 11.9 Å². The highest BCUT2D eigenvalue weighted by Gasteiger charge is 2.32. The maximum atomic E-state index is 12.8. The number of fused-ring (bicyclic) bond motifs is 1. The van der Waals surface area contributed by atoms with Crippen molar-refractivity contribution in [2.45, 2.75) is 27.2 Å². The van der Waals surface area contributed by atoms with Gasteiger partial charge in [-0.15, -0.1) is 0 Å². The fraction of sp³-hybridized carbons (Fsp3) is 0.524. The molecule has 1 aromatic carbocycles. The molecular weight excluding hydrogens is 358 g/mol. The minimum atomic E-state index is -0.496. The van der Waals surface area contributed by atoms with Crippen LogP contribution in [0.1, 0.15) is 27.2 Å². The van der Waals surface area contributed by atoms with Gasteiger partial charge in [-0.2, -0.15) is 0 Å². The van der Waals surface area contributed by atoms with Gasteiger partial charge in [-0.1, -0.05) is 26.8 Å². The van der Waals surface area contributed by atoms with Crippen LogP contribution in [0.5, 0.6) is 5.75 Å². The minimum absolute atomic E-state index is 0.0295. The fourth-order valence-corrected chi connectivity index (χ4v) is 3.23. The smallest absolute Gasteiger partial charge is 0.321 e. The normalized spacial score (nSPS) is 16.6. The number of hydrogen-bond donors (Lipinski definition) is 1. The molecule has 0 fully saturated rings. The van der Waals surface area contributed by atoms with Gasteiger partial charge < -0.3 is 24.6 Å². The number of rotatable bonds is 3. The summed E-state index contributed by atoms with van der Waals surface area (Å²) < 4.78 is 11.1. The van der Waals surface area contributed by atoms with E-state index in [0.29, 0.717) is 43.4 Å². The molecule has 0 atom stereocenters. The highest BCUT2D eigenvalue weighted by molar-refractivity contribution is 5.99. The molecule has 3 amide bonds. The summed E-state index contributed by atoms with van der Waals surface area (Å²) in [5, 5.41) is 2.91. The first-order valence-corrected chi connectivity index (χ1v) is 9.62. The Kier molecular flexibility index (Phi) is 5.93. The van der Waals surface area contributed by atoms with Crippen molar-refractivity contribution in [3.05, 3.63) is 29.8 Å². The summed E-state index contributed by atoms with van der Waals surface area (Å²) in [7, 11) is 1.75. The van der Waals surface area contributed by atoms with E-state index in [1.165, 1.54) is 0 Å². The van der Waals surface area contributed by atoms with Gasteiger partial charge in [-0.3, -0.25) is 4.79 Å². The molecule has 2 aliphatic heterocycles. The number of nitrogens with one attached hydrogen (secondary N) is 1. The molecule has 0 aliphatic carbocycles. The number of likely N-dealkylation sites (N-methyl/N-ethyl adjacent to an activating group) is 1. The van der Waals surface area contributed by atoms with E-state index >= 15 is 0 Å². The van der Waals surface area contributed by atoms with E-state index < -0.39 is 5.41 Å². The highest BCUT2D eigenvalue weighted by atomic mass is 16.5. The van der Waals surface area contributed by atoms with Gasteiger partial charge in [0.15, 0.2) is 0 Å². The number of nitrogens with zero attached hydrogens (tertiary/aromatic N) is 2. The third kappa shape index (κ3) is 4.65. The second-order valence-corrected chi connectivity index (χ2v) is 8.23. The van der Waals surface area contributed by atoms with Crippen molar-refractivity contribution < 1.29 is 19.1 Å². The van der Waals surface area contributed by atoms with Gasteiger partial charge in [0, 0.05) is 24.7 Å². The van der Waals surface area contributed by atoms with Crippen molar-refractivity contribution in [1.82, 2.24) is 4.90 Å². The first kappa shape index (κ1) is 20.2. The van der Waals surface area contributed by atoms with Crippen LogP contribution >= 0.6 is 0 Å². The van der Waals surface area contributed by atoms with Gasteiger partial charge in [-0.05, 0) is 30.2 Å². The molecule has 0 saturated carbocycles. The molecule has 1 aromatic rings. The molecule has 2 heterocycles. The van der Waals surface area contributed by atoms with E-state index in [1.54, 1.807) is 35.0 Å². The van der Waals surface area contributed by atoms with Crippen LogP contribution in [0.4, 0.5) is 16.2 Å². The topological polar surface area (TPSA) is 71.1 Å². The zero-order chi connectivity index (χ0) is 20.3. The third-order valence-electron chi connectivity index (χ3n) is 4.73. The largest absolute Gasteiger partial charge is 0.490 e. The Morgan fingerprint density at radius 3 is 2.71 bits per heavy atom. The lowest BCUT2D eigenvalue weighted by Crippen LogP contribution is -2.44. The van der Waals surface area contributed by atoms with Gasteiger partial charge in [0.2, 0.25) is 5.91 Å². The average molecular weight is 387 g/mol. The van der Waals surface area contributed by atoms with Crippen LogP contribution in [0.2, 0.25) is 0 Å². The standard InChI is InChI=1S/C21H29N3O4/c1-21(2,3)19(25)24-9-11-28-18-8-7-16(12-17(18)24)22-20(26)23(4)13-15-6-5-10-27-14-15/h6-8,12H,5,9-11,13-14H2,1-4H3,(H,22,26). The summed E-state index contributed by atoms with van der Waals surface area (Å²) in [5.74, 6) is 0.682. The lowest BCUT2D eigenvalue weighted by Gasteiger charge is -2.34. The van der Waals surface area contributed by atoms with E-state index in [4.69, 9.17) is 9.47 Å². The molecule has 7 heteroatoms. The van der Waals surface area contributed by atoms with Crippen LogP contribution < -0.4 is 15.0 Å². The third-order valence-corrected chi connectivity index (χ3v) is 4.73. The zero-order valence-corrected chi connectivity index (χ0v) is 17.1. The predicted octanol–water partition coefficient (Wildman–Crippen LogP) is 3.27. The quantitative estimate of drug-likeness (QED) is 0.808. The van der Waals surface area contributed by atoms with Crippen LogP contribution in [0, 0.1) is 5.41 Å². The Balaban J connectivity index is 1.72.